The Balaban J connectivity index is 2.33. The Kier molecular flexibility index (Phi) is 4.19. The van der Waals surface area contributed by atoms with Crippen LogP contribution >= 0.6 is 0 Å². The van der Waals surface area contributed by atoms with Crippen molar-refractivity contribution < 1.29 is 28.6 Å². The molecule has 1 N–H and O–H groups in total. The van der Waals surface area contributed by atoms with Crippen LogP contribution in [0.25, 0.3) is 0 Å². The largest absolute Gasteiger partial charge is 0.507 e. The number of phenols is 1. The Bertz CT molecular complexity index is 513. The minimum atomic E-state index is -0.944. The fourth-order valence-electron chi connectivity index (χ4n) is 2.05. The Morgan fingerprint density at radius 1 is 1.50 bits per heavy atom. The highest BCUT2D eigenvalue weighted by Gasteiger charge is 2.36. The monoisotopic (exact) mass is 283 g/mol. The summed E-state index contributed by atoms with van der Waals surface area (Å²) in [5.74, 6) is -2.72. The molecule has 108 valence electrons. The number of ether oxygens (including phenoxy) is 2. The van der Waals surface area contributed by atoms with Crippen LogP contribution < -0.4 is 0 Å². The predicted molar refractivity (Wildman–Crippen MR) is 65.7 cm³/mol. The van der Waals surface area contributed by atoms with Crippen molar-refractivity contribution in [3.63, 3.8) is 0 Å². The third-order valence-electron chi connectivity index (χ3n) is 3.07. The van der Waals surface area contributed by atoms with Crippen molar-refractivity contribution in [2.45, 2.75) is 6.04 Å². The van der Waals surface area contributed by atoms with Gasteiger partial charge in [-0.25, -0.2) is 9.18 Å². The van der Waals surface area contributed by atoms with Gasteiger partial charge in [-0.1, -0.05) is 6.07 Å². The maximum atomic E-state index is 13.7. The molecule has 0 bridgehead atoms. The maximum absolute atomic E-state index is 13.7. The van der Waals surface area contributed by atoms with Crippen LogP contribution in [-0.2, 0) is 14.3 Å². The van der Waals surface area contributed by atoms with Gasteiger partial charge >= 0.3 is 5.97 Å². The summed E-state index contributed by atoms with van der Waals surface area (Å²) < 4.78 is 23.4. The van der Waals surface area contributed by atoms with E-state index in [-0.39, 0.29) is 19.8 Å². The predicted octanol–water partition coefficient (Wildman–Crippen LogP) is 0.545. The second kappa shape index (κ2) is 5.87. The number of rotatable bonds is 2. The molecule has 1 unspecified atom stereocenters. The third kappa shape index (κ3) is 2.57. The van der Waals surface area contributed by atoms with E-state index >= 15 is 0 Å². The zero-order valence-corrected chi connectivity index (χ0v) is 10.8. The molecule has 1 aromatic carbocycles. The van der Waals surface area contributed by atoms with E-state index in [4.69, 9.17) is 4.74 Å². The lowest BCUT2D eigenvalue weighted by Gasteiger charge is -2.33. The number of halogens is 1. The number of morpholine rings is 1. The molecule has 6 nitrogen and oxygen atoms in total. The number of carbonyl (C=O) groups is 2. The van der Waals surface area contributed by atoms with Crippen LogP contribution in [0.3, 0.4) is 0 Å². The van der Waals surface area contributed by atoms with Crippen LogP contribution in [0.5, 0.6) is 5.75 Å². The summed E-state index contributed by atoms with van der Waals surface area (Å²) in [6.07, 6.45) is 0. The zero-order chi connectivity index (χ0) is 14.7. The molecule has 7 heteroatoms. The second-order valence-corrected chi connectivity index (χ2v) is 4.25. The lowest BCUT2D eigenvalue weighted by atomic mass is 10.1. The normalized spacial score (nSPS) is 18.7. The van der Waals surface area contributed by atoms with Crippen molar-refractivity contribution in [1.29, 1.82) is 0 Å². The topological polar surface area (TPSA) is 76.1 Å². The molecule has 20 heavy (non-hydrogen) atoms. The first-order valence-electron chi connectivity index (χ1n) is 6.00. The molecule has 1 atom stereocenters. The highest BCUT2D eigenvalue weighted by Crippen LogP contribution is 2.23. The first-order chi connectivity index (χ1) is 9.56. The van der Waals surface area contributed by atoms with Crippen LogP contribution in [-0.4, -0.2) is 54.8 Å². The molecule has 0 saturated carbocycles. The number of phenolic OH excluding ortho intramolecular Hbond substituents is 1. The standard InChI is InChI=1S/C13H14FNO5/c1-19-13(18)9-7-20-6-5-15(9)12(17)11-8(14)3-2-4-10(11)16/h2-4,9,16H,5-7H2,1H3. The minimum absolute atomic E-state index is 0.0202. The molecule has 0 aromatic heterocycles. The SMILES string of the molecule is COC(=O)C1COCCN1C(=O)c1c(O)cccc1F. The van der Waals surface area contributed by atoms with Crippen molar-refractivity contribution in [2.24, 2.45) is 0 Å². The molecular formula is C13H14FNO5. The fourth-order valence-corrected chi connectivity index (χ4v) is 2.05. The molecule has 2 rings (SSSR count). The summed E-state index contributed by atoms with van der Waals surface area (Å²) in [4.78, 5) is 25.1. The molecule has 1 saturated heterocycles. The molecule has 1 aromatic rings. The van der Waals surface area contributed by atoms with E-state index in [1.165, 1.54) is 19.2 Å². The number of nitrogens with zero attached hydrogens (tertiary/aromatic N) is 1. The van der Waals surface area contributed by atoms with Gasteiger partial charge in [0, 0.05) is 6.54 Å². The molecule has 1 amide bonds. The summed E-state index contributed by atoms with van der Waals surface area (Å²) in [6, 6.07) is 2.63. The summed E-state index contributed by atoms with van der Waals surface area (Å²) in [6.45, 7) is 0.328. The number of carbonyl (C=O) groups excluding carboxylic acids is 2. The number of hydrogen-bond acceptors (Lipinski definition) is 5. The van der Waals surface area contributed by atoms with Gasteiger partial charge in [-0.2, -0.15) is 0 Å². The van der Waals surface area contributed by atoms with Crippen molar-refractivity contribution in [3.8, 4) is 5.75 Å². The van der Waals surface area contributed by atoms with Gasteiger partial charge < -0.3 is 19.5 Å². The van der Waals surface area contributed by atoms with Crippen LogP contribution in [0, 0.1) is 5.82 Å². The Morgan fingerprint density at radius 3 is 2.90 bits per heavy atom. The molecule has 0 radical (unpaired) electrons. The third-order valence-corrected chi connectivity index (χ3v) is 3.07. The Morgan fingerprint density at radius 2 is 2.25 bits per heavy atom. The van der Waals surface area contributed by atoms with E-state index in [0.717, 1.165) is 11.0 Å². The highest BCUT2D eigenvalue weighted by atomic mass is 19.1. The first-order valence-corrected chi connectivity index (χ1v) is 6.00. The van der Waals surface area contributed by atoms with Gasteiger partial charge in [-0.05, 0) is 12.1 Å². The van der Waals surface area contributed by atoms with E-state index in [9.17, 15) is 19.1 Å². The van der Waals surface area contributed by atoms with Crippen LogP contribution in [0.15, 0.2) is 18.2 Å². The summed E-state index contributed by atoms with van der Waals surface area (Å²) in [7, 11) is 1.19. The van der Waals surface area contributed by atoms with Gasteiger partial charge in [0.05, 0.1) is 20.3 Å². The highest BCUT2D eigenvalue weighted by molar-refractivity contribution is 5.99. The van der Waals surface area contributed by atoms with Crippen molar-refractivity contribution >= 4 is 11.9 Å². The first kappa shape index (κ1) is 14.3. The number of hydrogen-bond donors (Lipinski definition) is 1. The molecule has 0 spiro atoms. The number of methoxy groups -OCH3 is 1. The van der Waals surface area contributed by atoms with Crippen molar-refractivity contribution in [1.82, 2.24) is 4.90 Å². The van der Waals surface area contributed by atoms with Gasteiger partial charge in [-0.15, -0.1) is 0 Å². The summed E-state index contributed by atoms with van der Waals surface area (Å²) >= 11 is 0. The van der Waals surface area contributed by atoms with Gasteiger partial charge in [0.1, 0.15) is 17.1 Å². The van der Waals surface area contributed by atoms with Gasteiger partial charge in [0.25, 0.3) is 5.91 Å². The van der Waals surface area contributed by atoms with E-state index in [2.05, 4.69) is 4.74 Å². The Labute approximate surface area is 114 Å². The molecular weight excluding hydrogens is 269 g/mol. The maximum Gasteiger partial charge on any atom is 0.331 e. The summed E-state index contributed by atoms with van der Waals surface area (Å²) in [5.41, 5.74) is -0.455. The Hall–Kier alpha value is -2.15. The van der Waals surface area contributed by atoms with E-state index in [0.29, 0.717) is 0 Å². The minimum Gasteiger partial charge on any atom is -0.507 e. The molecule has 1 fully saturated rings. The molecule has 1 aliphatic heterocycles. The summed E-state index contributed by atoms with van der Waals surface area (Å²) in [5, 5.41) is 9.64. The smallest absolute Gasteiger partial charge is 0.331 e. The van der Waals surface area contributed by atoms with Crippen LogP contribution in [0.4, 0.5) is 4.39 Å². The number of benzene rings is 1. The second-order valence-electron chi connectivity index (χ2n) is 4.25. The van der Waals surface area contributed by atoms with Gasteiger partial charge in [0.2, 0.25) is 0 Å². The quantitative estimate of drug-likeness (QED) is 0.802. The molecule has 1 heterocycles. The number of esters is 1. The average molecular weight is 283 g/mol. The lowest BCUT2D eigenvalue weighted by Crippen LogP contribution is -2.53. The van der Waals surface area contributed by atoms with Crippen LogP contribution in [0.1, 0.15) is 10.4 Å². The number of aromatic hydroxyl groups is 1. The average Bonchev–Trinajstić information content (AvgIpc) is 2.46. The fraction of sp³-hybridized carbons (Fsp3) is 0.385. The lowest BCUT2D eigenvalue weighted by molar-refractivity contribution is -0.151. The van der Waals surface area contributed by atoms with Crippen molar-refractivity contribution in [2.75, 3.05) is 26.9 Å². The number of amides is 1. The molecule has 0 aliphatic carbocycles. The van der Waals surface area contributed by atoms with Crippen molar-refractivity contribution in [3.05, 3.63) is 29.6 Å². The van der Waals surface area contributed by atoms with E-state index in [1.54, 1.807) is 0 Å². The van der Waals surface area contributed by atoms with Gasteiger partial charge in [0.15, 0.2) is 6.04 Å². The molecule has 1 aliphatic rings. The van der Waals surface area contributed by atoms with Gasteiger partial charge in [-0.3, -0.25) is 4.79 Å². The van der Waals surface area contributed by atoms with Crippen LogP contribution in [0.2, 0.25) is 0 Å². The zero-order valence-electron chi connectivity index (χ0n) is 10.8. The van der Waals surface area contributed by atoms with E-state index < -0.39 is 35.0 Å². The van der Waals surface area contributed by atoms with E-state index in [1.807, 2.05) is 0 Å².